The second-order valence-corrected chi connectivity index (χ2v) is 6.10. The predicted molar refractivity (Wildman–Crippen MR) is 85.9 cm³/mol. The molecule has 0 amide bonds. The molecule has 0 heterocycles. The van der Waals surface area contributed by atoms with Crippen molar-refractivity contribution in [3.8, 4) is 17.2 Å². The van der Waals surface area contributed by atoms with Gasteiger partial charge in [-0.15, -0.1) is 0 Å². The van der Waals surface area contributed by atoms with Gasteiger partial charge in [0.05, 0.1) is 19.8 Å². The molecule has 136 valence electrons. The maximum Gasteiger partial charge on any atom is 0.387 e. The summed E-state index contributed by atoms with van der Waals surface area (Å²) in [6.45, 7) is -2.01. The third kappa shape index (κ3) is 4.95. The molecule has 5 nitrogen and oxygen atoms in total. The quantitative estimate of drug-likeness (QED) is 0.758. The minimum absolute atomic E-state index is 0.121. The van der Waals surface area contributed by atoms with Crippen molar-refractivity contribution in [2.24, 2.45) is 0 Å². The van der Waals surface area contributed by atoms with E-state index in [1.807, 2.05) is 0 Å². The van der Waals surface area contributed by atoms with Crippen LogP contribution >= 0.6 is 0 Å². The Kier molecular flexibility index (Phi) is 6.62. The fourth-order valence-electron chi connectivity index (χ4n) is 3.07. The molecule has 1 aromatic rings. The van der Waals surface area contributed by atoms with E-state index in [4.69, 9.17) is 9.47 Å². The van der Waals surface area contributed by atoms with E-state index in [1.54, 1.807) is 12.1 Å². The van der Waals surface area contributed by atoms with Crippen LogP contribution in [0.2, 0.25) is 0 Å². The van der Waals surface area contributed by atoms with Gasteiger partial charge in [0.1, 0.15) is 0 Å². The summed E-state index contributed by atoms with van der Waals surface area (Å²) in [5.74, 6) is 0.246. The molecular formula is C17H25F2NO4. The number of alkyl halides is 2. The molecule has 0 unspecified atom stereocenters. The van der Waals surface area contributed by atoms with E-state index in [0.29, 0.717) is 13.1 Å². The van der Waals surface area contributed by atoms with Gasteiger partial charge in [-0.3, -0.25) is 0 Å². The molecule has 0 spiro atoms. The molecule has 0 aliphatic heterocycles. The highest BCUT2D eigenvalue weighted by Crippen LogP contribution is 2.39. The fraction of sp³-hybridized carbons (Fsp3) is 0.647. The first kappa shape index (κ1) is 18.7. The highest BCUT2D eigenvalue weighted by atomic mass is 19.3. The molecule has 1 fully saturated rings. The van der Waals surface area contributed by atoms with Gasteiger partial charge in [0.2, 0.25) is 5.75 Å². The number of hydrogen-bond acceptors (Lipinski definition) is 5. The molecule has 2 N–H and O–H groups in total. The fourth-order valence-corrected chi connectivity index (χ4v) is 3.07. The van der Waals surface area contributed by atoms with Crippen LogP contribution in [0.4, 0.5) is 8.78 Å². The summed E-state index contributed by atoms with van der Waals surface area (Å²) in [5, 5.41) is 13.7. The molecule has 0 atom stereocenters. The van der Waals surface area contributed by atoms with Crippen molar-refractivity contribution in [1.82, 2.24) is 5.32 Å². The number of methoxy groups -OCH3 is 2. The molecule has 2 rings (SSSR count). The van der Waals surface area contributed by atoms with E-state index in [9.17, 15) is 13.9 Å². The van der Waals surface area contributed by atoms with Crippen LogP contribution in [0.5, 0.6) is 17.2 Å². The number of hydrogen-bond donors (Lipinski definition) is 2. The monoisotopic (exact) mass is 345 g/mol. The second kappa shape index (κ2) is 8.48. The van der Waals surface area contributed by atoms with Crippen LogP contribution < -0.4 is 19.5 Å². The Bertz CT molecular complexity index is 508. The van der Waals surface area contributed by atoms with Gasteiger partial charge in [-0.25, -0.2) is 0 Å². The number of ether oxygens (including phenoxy) is 3. The maximum absolute atomic E-state index is 12.5. The van der Waals surface area contributed by atoms with Crippen LogP contribution in [-0.4, -0.2) is 38.1 Å². The van der Waals surface area contributed by atoms with Crippen molar-refractivity contribution in [2.75, 3.05) is 20.8 Å². The largest absolute Gasteiger partial charge is 0.493 e. The lowest BCUT2D eigenvalue weighted by atomic mass is 9.85. The van der Waals surface area contributed by atoms with Crippen LogP contribution in [0.15, 0.2) is 12.1 Å². The highest BCUT2D eigenvalue weighted by molar-refractivity contribution is 5.53. The third-order valence-electron chi connectivity index (χ3n) is 4.29. The van der Waals surface area contributed by atoms with Crippen LogP contribution in [0.1, 0.15) is 37.7 Å². The summed E-state index contributed by atoms with van der Waals surface area (Å²) in [4.78, 5) is 0. The topological polar surface area (TPSA) is 60.0 Å². The first-order chi connectivity index (χ1) is 11.5. The number of rotatable bonds is 8. The zero-order valence-corrected chi connectivity index (χ0v) is 14.1. The van der Waals surface area contributed by atoms with Crippen molar-refractivity contribution in [2.45, 2.75) is 50.9 Å². The normalized spacial score (nSPS) is 16.9. The van der Waals surface area contributed by atoms with Gasteiger partial charge in [-0.2, -0.15) is 8.78 Å². The summed E-state index contributed by atoms with van der Waals surface area (Å²) < 4.78 is 39.8. The van der Waals surface area contributed by atoms with E-state index in [0.717, 1.165) is 31.2 Å². The van der Waals surface area contributed by atoms with Crippen LogP contribution in [0.3, 0.4) is 0 Å². The SMILES string of the molecule is COc1cc(CNCC2(O)CCCCC2)cc(OC)c1OC(F)F. The smallest absolute Gasteiger partial charge is 0.387 e. The number of halogens is 2. The molecule has 0 radical (unpaired) electrons. The van der Waals surface area contributed by atoms with Crippen molar-refractivity contribution < 1.29 is 28.1 Å². The number of aliphatic hydroxyl groups is 1. The maximum atomic E-state index is 12.5. The Morgan fingerprint density at radius 2 is 1.71 bits per heavy atom. The van der Waals surface area contributed by atoms with Gasteiger partial charge >= 0.3 is 6.61 Å². The van der Waals surface area contributed by atoms with E-state index in [-0.39, 0.29) is 17.2 Å². The summed E-state index contributed by atoms with van der Waals surface area (Å²) >= 11 is 0. The zero-order valence-electron chi connectivity index (χ0n) is 14.1. The molecule has 7 heteroatoms. The molecule has 1 aromatic carbocycles. The van der Waals surface area contributed by atoms with Crippen LogP contribution in [-0.2, 0) is 6.54 Å². The molecule has 24 heavy (non-hydrogen) atoms. The molecule has 0 aromatic heterocycles. The Morgan fingerprint density at radius 1 is 1.12 bits per heavy atom. The zero-order chi connectivity index (χ0) is 17.6. The Morgan fingerprint density at radius 3 is 2.21 bits per heavy atom. The van der Waals surface area contributed by atoms with Gasteiger partial charge in [-0.05, 0) is 30.5 Å². The lowest BCUT2D eigenvalue weighted by Crippen LogP contribution is -2.41. The predicted octanol–water partition coefficient (Wildman–Crippen LogP) is 3.09. The lowest BCUT2D eigenvalue weighted by Gasteiger charge is -2.32. The Hall–Kier alpha value is -1.60. The molecule has 1 aliphatic rings. The summed E-state index contributed by atoms with van der Waals surface area (Å²) in [6.07, 6.45) is 4.85. The second-order valence-electron chi connectivity index (χ2n) is 6.10. The number of benzene rings is 1. The molecule has 1 aliphatic carbocycles. The average Bonchev–Trinajstić information content (AvgIpc) is 2.55. The highest BCUT2D eigenvalue weighted by Gasteiger charge is 2.28. The van der Waals surface area contributed by atoms with Crippen molar-refractivity contribution in [3.63, 3.8) is 0 Å². The van der Waals surface area contributed by atoms with Crippen molar-refractivity contribution >= 4 is 0 Å². The van der Waals surface area contributed by atoms with E-state index >= 15 is 0 Å². The first-order valence-electron chi connectivity index (χ1n) is 8.10. The van der Waals surface area contributed by atoms with Crippen LogP contribution in [0.25, 0.3) is 0 Å². The van der Waals surface area contributed by atoms with Gasteiger partial charge in [0, 0.05) is 13.1 Å². The lowest BCUT2D eigenvalue weighted by molar-refractivity contribution is -0.0526. The Labute approximate surface area is 140 Å². The van der Waals surface area contributed by atoms with E-state index in [1.165, 1.54) is 20.6 Å². The van der Waals surface area contributed by atoms with Crippen molar-refractivity contribution in [1.29, 1.82) is 0 Å². The minimum atomic E-state index is -2.96. The van der Waals surface area contributed by atoms with Gasteiger partial charge in [0.15, 0.2) is 11.5 Å². The third-order valence-corrected chi connectivity index (χ3v) is 4.29. The molecule has 0 bridgehead atoms. The molecule has 1 saturated carbocycles. The van der Waals surface area contributed by atoms with Gasteiger partial charge < -0.3 is 24.6 Å². The minimum Gasteiger partial charge on any atom is -0.493 e. The van der Waals surface area contributed by atoms with Gasteiger partial charge in [-0.1, -0.05) is 19.3 Å². The van der Waals surface area contributed by atoms with Crippen LogP contribution in [0, 0.1) is 0 Å². The van der Waals surface area contributed by atoms with E-state index < -0.39 is 12.2 Å². The van der Waals surface area contributed by atoms with E-state index in [2.05, 4.69) is 10.1 Å². The molecule has 0 saturated heterocycles. The molecular weight excluding hydrogens is 320 g/mol. The Balaban J connectivity index is 2.04. The first-order valence-corrected chi connectivity index (χ1v) is 8.10. The average molecular weight is 345 g/mol. The summed E-state index contributed by atoms with van der Waals surface area (Å²) in [7, 11) is 2.77. The van der Waals surface area contributed by atoms with Crippen molar-refractivity contribution in [3.05, 3.63) is 17.7 Å². The summed E-state index contributed by atoms with van der Waals surface area (Å²) in [6, 6.07) is 3.25. The number of nitrogens with one attached hydrogen (secondary N) is 1. The standard InChI is InChI=1S/C17H25F2NO4/c1-22-13-8-12(9-14(23-2)15(13)24-16(18)19)10-20-11-17(21)6-4-3-5-7-17/h8-9,16,20-21H,3-7,10-11H2,1-2H3. The van der Waals surface area contributed by atoms with Gasteiger partial charge in [0.25, 0.3) is 0 Å². The summed E-state index contributed by atoms with van der Waals surface area (Å²) in [5.41, 5.74) is 0.134.